The molecule has 0 atom stereocenters. The molecule has 1 heterocycles. The third-order valence-electron chi connectivity index (χ3n) is 2.85. The summed E-state index contributed by atoms with van der Waals surface area (Å²) in [5.74, 6) is 0.0207. The summed E-state index contributed by atoms with van der Waals surface area (Å²) in [4.78, 5) is 26.4. The van der Waals surface area contributed by atoms with E-state index in [0.29, 0.717) is 13.0 Å². The lowest BCUT2D eigenvalue weighted by atomic mass is 10.1. The third kappa shape index (κ3) is 3.81. The second-order valence-corrected chi connectivity index (χ2v) is 4.54. The summed E-state index contributed by atoms with van der Waals surface area (Å²) in [6.07, 6.45) is 0.401. The number of piperazine rings is 1. The van der Waals surface area contributed by atoms with E-state index >= 15 is 0 Å². The van der Waals surface area contributed by atoms with Gasteiger partial charge in [0.25, 0.3) is 0 Å². The molecule has 0 saturated carbocycles. The van der Waals surface area contributed by atoms with Crippen LogP contribution in [0.25, 0.3) is 0 Å². The maximum absolute atomic E-state index is 11.7. The van der Waals surface area contributed by atoms with Crippen molar-refractivity contribution in [2.24, 2.45) is 11.7 Å². The van der Waals surface area contributed by atoms with Crippen LogP contribution >= 0.6 is 0 Å². The van der Waals surface area contributed by atoms with Gasteiger partial charge in [0.2, 0.25) is 11.8 Å². The molecule has 0 spiro atoms. The average molecular weight is 227 g/mol. The molecule has 1 aliphatic heterocycles. The lowest BCUT2D eigenvalue weighted by Crippen LogP contribution is -2.50. The fourth-order valence-electron chi connectivity index (χ4n) is 1.83. The number of hydrogen-bond acceptors (Lipinski definition) is 3. The molecule has 1 rings (SSSR count). The van der Waals surface area contributed by atoms with Crippen LogP contribution in [0.3, 0.4) is 0 Å². The lowest BCUT2D eigenvalue weighted by molar-refractivity contribution is -0.136. The van der Waals surface area contributed by atoms with Crippen LogP contribution in [0.1, 0.15) is 20.3 Å². The first-order valence-electron chi connectivity index (χ1n) is 5.80. The highest BCUT2D eigenvalue weighted by Gasteiger charge is 2.22. The Kier molecular flexibility index (Phi) is 4.73. The van der Waals surface area contributed by atoms with Gasteiger partial charge in [0.15, 0.2) is 0 Å². The molecule has 5 heteroatoms. The minimum Gasteiger partial charge on any atom is -0.370 e. The number of rotatable bonds is 4. The van der Waals surface area contributed by atoms with Gasteiger partial charge in [-0.05, 0) is 0 Å². The van der Waals surface area contributed by atoms with Crippen LogP contribution in [0.5, 0.6) is 0 Å². The van der Waals surface area contributed by atoms with Gasteiger partial charge in [-0.25, -0.2) is 0 Å². The summed E-state index contributed by atoms with van der Waals surface area (Å²) < 4.78 is 0. The number of primary amides is 1. The van der Waals surface area contributed by atoms with Crippen molar-refractivity contribution in [3.63, 3.8) is 0 Å². The molecular weight excluding hydrogens is 206 g/mol. The van der Waals surface area contributed by atoms with Crippen molar-refractivity contribution in [2.45, 2.75) is 20.3 Å². The zero-order valence-electron chi connectivity index (χ0n) is 10.1. The van der Waals surface area contributed by atoms with Gasteiger partial charge in [-0.2, -0.15) is 0 Å². The van der Waals surface area contributed by atoms with Crippen LogP contribution in [-0.4, -0.2) is 54.3 Å². The van der Waals surface area contributed by atoms with E-state index in [2.05, 4.69) is 4.90 Å². The summed E-state index contributed by atoms with van der Waals surface area (Å²) in [5.41, 5.74) is 5.09. The number of hydrogen-bond donors (Lipinski definition) is 1. The second-order valence-electron chi connectivity index (χ2n) is 4.54. The fourth-order valence-corrected chi connectivity index (χ4v) is 1.83. The van der Waals surface area contributed by atoms with Crippen molar-refractivity contribution < 1.29 is 9.59 Å². The van der Waals surface area contributed by atoms with E-state index in [0.717, 1.165) is 26.2 Å². The van der Waals surface area contributed by atoms with Crippen molar-refractivity contribution in [1.29, 1.82) is 0 Å². The smallest absolute Gasteiger partial charge is 0.225 e. The van der Waals surface area contributed by atoms with Crippen LogP contribution in [0, 0.1) is 5.92 Å². The maximum atomic E-state index is 11.7. The molecule has 2 amide bonds. The minimum atomic E-state index is -0.263. The van der Waals surface area contributed by atoms with E-state index in [4.69, 9.17) is 5.73 Å². The first kappa shape index (κ1) is 13.0. The van der Waals surface area contributed by atoms with E-state index in [1.165, 1.54) is 0 Å². The Morgan fingerprint density at radius 3 is 2.19 bits per heavy atom. The highest BCUT2D eigenvalue weighted by Crippen LogP contribution is 2.07. The predicted octanol–water partition coefficient (Wildman–Crippen LogP) is -0.338. The normalized spacial score (nSPS) is 17.8. The zero-order valence-corrected chi connectivity index (χ0v) is 10.1. The van der Waals surface area contributed by atoms with Crippen molar-refractivity contribution in [3.8, 4) is 0 Å². The molecule has 16 heavy (non-hydrogen) atoms. The van der Waals surface area contributed by atoms with Crippen molar-refractivity contribution in [3.05, 3.63) is 0 Å². The van der Waals surface area contributed by atoms with Crippen molar-refractivity contribution in [2.75, 3.05) is 32.7 Å². The molecule has 5 nitrogen and oxygen atoms in total. The summed E-state index contributed by atoms with van der Waals surface area (Å²) in [6, 6.07) is 0. The predicted molar refractivity (Wildman–Crippen MR) is 61.7 cm³/mol. The lowest BCUT2D eigenvalue weighted by Gasteiger charge is -2.35. The Balaban J connectivity index is 2.28. The largest absolute Gasteiger partial charge is 0.370 e. The quantitative estimate of drug-likeness (QED) is 0.714. The molecule has 1 saturated heterocycles. The maximum Gasteiger partial charge on any atom is 0.225 e. The van der Waals surface area contributed by atoms with Gasteiger partial charge in [0.05, 0.1) is 0 Å². The Bertz CT molecular complexity index is 258. The molecule has 0 bridgehead atoms. The van der Waals surface area contributed by atoms with Gasteiger partial charge < -0.3 is 10.6 Å². The molecule has 0 aromatic heterocycles. The van der Waals surface area contributed by atoms with Gasteiger partial charge in [0.1, 0.15) is 0 Å². The third-order valence-corrected chi connectivity index (χ3v) is 2.85. The number of nitrogens with zero attached hydrogens (tertiary/aromatic N) is 2. The van der Waals surface area contributed by atoms with Crippen LogP contribution in [0.4, 0.5) is 0 Å². The standard InChI is InChI=1S/C11H21N3O2/c1-9(2)11(16)14-7-5-13(6-8-14)4-3-10(12)15/h9H,3-8H2,1-2H3,(H2,12,15). The molecule has 0 unspecified atom stereocenters. The topological polar surface area (TPSA) is 66.6 Å². The van der Waals surface area contributed by atoms with E-state index in [1.54, 1.807) is 0 Å². The van der Waals surface area contributed by atoms with Crippen LogP contribution < -0.4 is 5.73 Å². The van der Waals surface area contributed by atoms with Gasteiger partial charge in [0, 0.05) is 45.1 Å². The molecule has 0 radical (unpaired) electrons. The molecule has 0 aliphatic carbocycles. The first-order chi connectivity index (χ1) is 7.50. The highest BCUT2D eigenvalue weighted by atomic mass is 16.2. The van der Waals surface area contributed by atoms with Crippen molar-refractivity contribution in [1.82, 2.24) is 9.80 Å². The van der Waals surface area contributed by atoms with Gasteiger partial charge >= 0.3 is 0 Å². The fraction of sp³-hybridized carbons (Fsp3) is 0.818. The van der Waals surface area contributed by atoms with Gasteiger partial charge in [-0.15, -0.1) is 0 Å². The Hall–Kier alpha value is -1.10. The number of amides is 2. The first-order valence-corrected chi connectivity index (χ1v) is 5.80. The Labute approximate surface area is 96.6 Å². The Morgan fingerprint density at radius 1 is 1.19 bits per heavy atom. The molecule has 1 fully saturated rings. The van der Waals surface area contributed by atoms with Crippen LogP contribution in [0.15, 0.2) is 0 Å². The van der Waals surface area contributed by atoms with Gasteiger partial charge in [-0.3, -0.25) is 14.5 Å². The summed E-state index contributed by atoms with van der Waals surface area (Å²) >= 11 is 0. The highest BCUT2D eigenvalue weighted by molar-refractivity contribution is 5.78. The molecule has 1 aliphatic rings. The summed E-state index contributed by atoms with van der Waals surface area (Å²) in [6.45, 7) is 7.74. The molecule has 0 aromatic rings. The molecule has 2 N–H and O–H groups in total. The Morgan fingerprint density at radius 2 is 1.75 bits per heavy atom. The average Bonchev–Trinajstić information content (AvgIpc) is 2.26. The molecular formula is C11H21N3O2. The minimum absolute atomic E-state index is 0.0668. The molecule has 92 valence electrons. The van der Waals surface area contributed by atoms with Gasteiger partial charge in [-0.1, -0.05) is 13.8 Å². The molecule has 0 aromatic carbocycles. The number of carbonyl (C=O) groups is 2. The van der Waals surface area contributed by atoms with E-state index in [1.807, 2.05) is 18.7 Å². The number of nitrogens with two attached hydrogens (primary N) is 1. The number of carbonyl (C=O) groups excluding carboxylic acids is 2. The summed E-state index contributed by atoms with van der Waals surface area (Å²) in [7, 11) is 0. The van der Waals surface area contributed by atoms with E-state index < -0.39 is 0 Å². The van der Waals surface area contributed by atoms with Crippen molar-refractivity contribution >= 4 is 11.8 Å². The zero-order chi connectivity index (χ0) is 12.1. The monoisotopic (exact) mass is 227 g/mol. The summed E-state index contributed by atoms with van der Waals surface area (Å²) in [5, 5.41) is 0. The SMILES string of the molecule is CC(C)C(=O)N1CCN(CCC(N)=O)CC1. The van der Waals surface area contributed by atoms with Crippen LogP contribution in [0.2, 0.25) is 0 Å². The van der Waals surface area contributed by atoms with E-state index in [9.17, 15) is 9.59 Å². The second kappa shape index (κ2) is 5.84. The van der Waals surface area contributed by atoms with E-state index in [-0.39, 0.29) is 17.7 Å². The van der Waals surface area contributed by atoms with Crippen LogP contribution in [-0.2, 0) is 9.59 Å².